The number of hydrogen-bond acceptors (Lipinski definition) is 2. The van der Waals surface area contributed by atoms with Crippen molar-refractivity contribution in [2.24, 2.45) is 11.8 Å². The van der Waals surface area contributed by atoms with Gasteiger partial charge in [0.15, 0.2) is 0 Å². The molecule has 3 heteroatoms. The zero-order valence-corrected chi connectivity index (χ0v) is 11.9. The molecule has 1 aliphatic carbocycles. The molecule has 2 nitrogen and oxygen atoms in total. The third-order valence-electron chi connectivity index (χ3n) is 4.27. The fraction of sp³-hybridized carbons (Fsp3) is 0.625. The Kier molecular flexibility index (Phi) is 5.20. The van der Waals surface area contributed by atoms with Gasteiger partial charge in [-0.05, 0) is 30.9 Å². The van der Waals surface area contributed by atoms with Crippen LogP contribution in [0.2, 0.25) is 0 Å². The van der Waals surface area contributed by atoms with Gasteiger partial charge in [-0.15, -0.1) is 0 Å². The number of hydrogen-bond donors (Lipinski definition) is 1. The van der Waals surface area contributed by atoms with Crippen molar-refractivity contribution < 1.29 is 9.13 Å². The van der Waals surface area contributed by atoms with Crippen LogP contribution in [0.5, 0.6) is 5.75 Å². The molecule has 0 saturated heterocycles. The number of nitrogens with one attached hydrogen (secondary N) is 1. The van der Waals surface area contributed by atoms with E-state index >= 15 is 0 Å². The molecule has 0 heterocycles. The van der Waals surface area contributed by atoms with Gasteiger partial charge >= 0.3 is 0 Å². The van der Waals surface area contributed by atoms with Crippen LogP contribution in [0.1, 0.15) is 38.2 Å². The highest BCUT2D eigenvalue weighted by Gasteiger charge is 2.20. The summed E-state index contributed by atoms with van der Waals surface area (Å²) in [6.45, 7) is 3.92. The van der Waals surface area contributed by atoms with Crippen molar-refractivity contribution in [2.45, 2.75) is 39.2 Å². The average Bonchev–Trinajstić information content (AvgIpc) is 2.42. The fourth-order valence-electron chi connectivity index (χ4n) is 2.89. The number of halogens is 1. The van der Waals surface area contributed by atoms with E-state index in [1.807, 2.05) is 6.07 Å². The Labute approximate surface area is 115 Å². The standard InChI is InChI=1S/C16H24FNO/c1-12-5-3-4-6-13(12)10-18-11-14-7-8-15(19-2)9-16(14)17/h7-9,12-13,18H,3-6,10-11H2,1-2H3. The molecule has 0 bridgehead atoms. The Morgan fingerprint density at radius 1 is 1.32 bits per heavy atom. The Morgan fingerprint density at radius 3 is 2.79 bits per heavy atom. The van der Waals surface area contributed by atoms with E-state index in [9.17, 15) is 4.39 Å². The van der Waals surface area contributed by atoms with Crippen LogP contribution in [0.15, 0.2) is 18.2 Å². The first-order valence-electron chi connectivity index (χ1n) is 7.24. The molecule has 1 aromatic rings. The molecule has 1 aliphatic rings. The molecule has 2 atom stereocenters. The number of benzene rings is 1. The van der Waals surface area contributed by atoms with Gasteiger partial charge in [-0.1, -0.05) is 32.3 Å². The van der Waals surface area contributed by atoms with Gasteiger partial charge in [-0.2, -0.15) is 0 Å². The lowest BCUT2D eigenvalue weighted by atomic mass is 9.80. The van der Waals surface area contributed by atoms with Crippen molar-refractivity contribution in [3.63, 3.8) is 0 Å². The third-order valence-corrected chi connectivity index (χ3v) is 4.27. The van der Waals surface area contributed by atoms with Crippen molar-refractivity contribution in [3.8, 4) is 5.75 Å². The summed E-state index contributed by atoms with van der Waals surface area (Å²) in [5, 5.41) is 3.40. The molecule has 1 N–H and O–H groups in total. The lowest BCUT2D eigenvalue weighted by Gasteiger charge is -2.28. The minimum atomic E-state index is -0.191. The molecule has 2 rings (SSSR count). The molecule has 106 valence electrons. The Bertz CT molecular complexity index is 408. The topological polar surface area (TPSA) is 21.3 Å². The molecule has 19 heavy (non-hydrogen) atoms. The monoisotopic (exact) mass is 265 g/mol. The smallest absolute Gasteiger partial charge is 0.131 e. The van der Waals surface area contributed by atoms with Crippen molar-refractivity contribution in [1.29, 1.82) is 0 Å². The SMILES string of the molecule is COc1ccc(CNCC2CCCCC2C)c(F)c1. The summed E-state index contributed by atoms with van der Waals surface area (Å²) in [4.78, 5) is 0. The molecule has 0 aromatic heterocycles. The minimum Gasteiger partial charge on any atom is -0.497 e. The Morgan fingerprint density at radius 2 is 2.11 bits per heavy atom. The first-order chi connectivity index (χ1) is 9.20. The van der Waals surface area contributed by atoms with Gasteiger partial charge in [-0.25, -0.2) is 4.39 Å². The van der Waals surface area contributed by atoms with Crippen molar-refractivity contribution in [3.05, 3.63) is 29.6 Å². The van der Waals surface area contributed by atoms with Gasteiger partial charge in [0, 0.05) is 18.2 Å². The van der Waals surface area contributed by atoms with Crippen LogP contribution in [0.3, 0.4) is 0 Å². The van der Waals surface area contributed by atoms with E-state index in [0.29, 0.717) is 17.9 Å². The minimum absolute atomic E-state index is 0.191. The average molecular weight is 265 g/mol. The molecule has 1 saturated carbocycles. The summed E-state index contributed by atoms with van der Waals surface area (Å²) in [5.41, 5.74) is 0.712. The molecular weight excluding hydrogens is 241 g/mol. The predicted molar refractivity (Wildman–Crippen MR) is 75.8 cm³/mol. The molecular formula is C16H24FNO. The summed E-state index contributed by atoms with van der Waals surface area (Å²) in [6, 6.07) is 5.05. The van der Waals surface area contributed by atoms with E-state index in [4.69, 9.17) is 4.74 Å². The van der Waals surface area contributed by atoms with Gasteiger partial charge in [0.25, 0.3) is 0 Å². The highest BCUT2D eigenvalue weighted by Crippen LogP contribution is 2.29. The van der Waals surface area contributed by atoms with Crippen LogP contribution in [0.4, 0.5) is 4.39 Å². The summed E-state index contributed by atoms with van der Waals surface area (Å²) in [5.74, 6) is 1.92. The molecule has 0 aliphatic heterocycles. The normalized spacial score (nSPS) is 23.3. The van der Waals surface area contributed by atoms with E-state index in [-0.39, 0.29) is 5.82 Å². The van der Waals surface area contributed by atoms with Gasteiger partial charge in [-0.3, -0.25) is 0 Å². The fourth-order valence-corrected chi connectivity index (χ4v) is 2.89. The second-order valence-corrected chi connectivity index (χ2v) is 5.61. The first-order valence-corrected chi connectivity index (χ1v) is 7.24. The van der Waals surface area contributed by atoms with Gasteiger partial charge in [0.2, 0.25) is 0 Å². The van der Waals surface area contributed by atoms with Crippen LogP contribution >= 0.6 is 0 Å². The second kappa shape index (κ2) is 6.90. The van der Waals surface area contributed by atoms with Gasteiger partial charge in [0.1, 0.15) is 11.6 Å². The largest absolute Gasteiger partial charge is 0.497 e. The zero-order chi connectivity index (χ0) is 13.7. The maximum atomic E-state index is 13.8. The molecule has 2 unspecified atom stereocenters. The van der Waals surface area contributed by atoms with E-state index in [0.717, 1.165) is 18.4 Å². The van der Waals surface area contributed by atoms with Crippen molar-refractivity contribution in [1.82, 2.24) is 5.32 Å². The molecule has 1 fully saturated rings. The summed E-state index contributed by atoms with van der Waals surface area (Å²) >= 11 is 0. The van der Waals surface area contributed by atoms with Gasteiger partial charge < -0.3 is 10.1 Å². The Balaban J connectivity index is 1.82. The van der Waals surface area contributed by atoms with Gasteiger partial charge in [0.05, 0.1) is 7.11 Å². The highest BCUT2D eigenvalue weighted by atomic mass is 19.1. The van der Waals surface area contributed by atoms with Crippen LogP contribution in [0.25, 0.3) is 0 Å². The maximum Gasteiger partial charge on any atom is 0.131 e. The molecule has 1 aromatic carbocycles. The Hall–Kier alpha value is -1.09. The molecule has 0 radical (unpaired) electrons. The first kappa shape index (κ1) is 14.3. The quantitative estimate of drug-likeness (QED) is 0.875. The number of methoxy groups -OCH3 is 1. The number of rotatable bonds is 5. The van der Waals surface area contributed by atoms with Crippen LogP contribution in [-0.4, -0.2) is 13.7 Å². The lowest BCUT2D eigenvalue weighted by Crippen LogP contribution is -2.29. The second-order valence-electron chi connectivity index (χ2n) is 5.61. The predicted octanol–water partition coefficient (Wildman–Crippen LogP) is 3.75. The number of ether oxygens (including phenoxy) is 1. The van der Waals surface area contributed by atoms with Crippen LogP contribution < -0.4 is 10.1 Å². The summed E-state index contributed by atoms with van der Waals surface area (Å²) < 4.78 is 18.8. The summed E-state index contributed by atoms with van der Waals surface area (Å²) in [6.07, 6.45) is 5.35. The molecule has 0 amide bonds. The molecule has 0 spiro atoms. The lowest BCUT2D eigenvalue weighted by molar-refractivity contribution is 0.247. The summed E-state index contributed by atoms with van der Waals surface area (Å²) in [7, 11) is 1.55. The van der Waals surface area contributed by atoms with E-state index in [2.05, 4.69) is 12.2 Å². The zero-order valence-electron chi connectivity index (χ0n) is 11.9. The van der Waals surface area contributed by atoms with Crippen molar-refractivity contribution in [2.75, 3.05) is 13.7 Å². The van der Waals surface area contributed by atoms with Crippen molar-refractivity contribution >= 4 is 0 Å². The van der Waals surface area contributed by atoms with E-state index < -0.39 is 0 Å². The van der Waals surface area contributed by atoms with Crippen LogP contribution in [-0.2, 0) is 6.54 Å². The van der Waals surface area contributed by atoms with E-state index in [1.54, 1.807) is 13.2 Å². The van der Waals surface area contributed by atoms with Crippen LogP contribution in [0, 0.1) is 17.7 Å². The van der Waals surface area contributed by atoms with E-state index in [1.165, 1.54) is 31.7 Å². The third kappa shape index (κ3) is 3.93. The maximum absolute atomic E-state index is 13.8. The highest BCUT2D eigenvalue weighted by molar-refractivity contribution is 5.28.